The zero-order valence-corrected chi connectivity index (χ0v) is 17.7. The first-order valence-electron chi connectivity index (χ1n) is 10.2. The zero-order chi connectivity index (χ0) is 24.5. The van der Waals surface area contributed by atoms with Crippen LogP contribution in [0.2, 0.25) is 0 Å². The smallest absolute Gasteiger partial charge is 0.314 e. The maximum absolute atomic E-state index is 14.6. The molecule has 3 aromatic heterocycles. The Kier molecular flexibility index (Phi) is 5.82. The summed E-state index contributed by atoms with van der Waals surface area (Å²) in [5.41, 5.74) is 2.27. The minimum absolute atomic E-state index is 0.136. The summed E-state index contributed by atoms with van der Waals surface area (Å²) in [7, 11) is 0. The molecule has 0 aliphatic heterocycles. The maximum atomic E-state index is 14.6. The Balaban J connectivity index is 1.51. The molecule has 0 saturated heterocycles. The van der Waals surface area contributed by atoms with Gasteiger partial charge in [-0.15, -0.1) is 10.2 Å². The van der Waals surface area contributed by atoms with Crippen molar-refractivity contribution in [3.05, 3.63) is 66.6 Å². The Morgan fingerprint density at radius 2 is 1.80 bits per heavy atom. The highest BCUT2D eigenvalue weighted by Crippen LogP contribution is 2.34. The molecule has 2 aromatic carbocycles. The first-order chi connectivity index (χ1) is 16.9. The molecule has 0 bridgehead atoms. The number of hydrogen-bond donors (Lipinski definition) is 2. The highest BCUT2D eigenvalue weighted by atomic mass is 19.3. The van der Waals surface area contributed by atoms with Crippen LogP contribution in [0, 0.1) is 11.6 Å². The molecule has 35 heavy (non-hydrogen) atoms. The van der Waals surface area contributed by atoms with Crippen molar-refractivity contribution < 1.29 is 27.1 Å². The number of hydrogen-bond acceptors (Lipinski definition) is 8. The van der Waals surface area contributed by atoms with Crippen LogP contribution < -0.4 is 5.32 Å². The lowest BCUT2D eigenvalue weighted by Crippen LogP contribution is -2.02. The van der Waals surface area contributed by atoms with Crippen LogP contribution in [0.5, 0.6) is 0 Å². The van der Waals surface area contributed by atoms with Gasteiger partial charge in [-0.3, -0.25) is 0 Å². The largest absolute Gasteiger partial charge is 0.415 e. The SMILES string of the molecule is OCCn1cnc2c(-c3ccc(F)cc3F)cc(Nc3ncc(-c4nnc(C(F)F)o4)cn3)cc21. The third kappa shape index (κ3) is 4.40. The van der Waals surface area contributed by atoms with Gasteiger partial charge in [0.1, 0.15) is 11.6 Å². The second-order valence-electron chi connectivity index (χ2n) is 7.34. The summed E-state index contributed by atoms with van der Waals surface area (Å²) in [5, 5.41) is 19.2. The van der Waals surface area contributed by atoms with E-state index < -0.39 is 24.0 Å². The molecule has 0 spiro atoms. The van der Waals surface area contributed by atoms with E-state index in [-0.39, 0.29) is 36.1 Å². The van der Waals surface area contributed by atoms with Crippen LogP contribution in [0.4, 0.5) is 29.2 Å². The normalized spacial score (nSPS) is 11.5. The van der Waals surface area contributed by atoms with Crippen molar-refractivity contribution in [3.8, 4) is 22.6 Å². The van der Waals surface area contributed by atoms with Crippen molar-refractivity contribution in [2.45, 2.75) is 13.0 Å². The third-order valence-electron chi connectivity index (χ3n) is 5.07. The van der Waals surface area contributed by atoms with Crippen molar-refractivity contribution in [2.24, 2.45) is 0 Å². The van der Waals surface area contributed by atoms with Gasteiger partial charge in [0.05, 0.1) is 29.5 Å². The van der Waals surface area contributed by atoms with Gasteiger partial charge in [-0.25, -0.2) is 23.7 Å². The minimum atomic E-state index is -2.90. The molecular weight excluding hydrogens is 470 g/mol. The monoisotopic (exact) mass is 485 g/mol. The second kappa shape index (κ2) is 9.10. The number of nitrogens with one attached hydrogen (secondary N) is 1. The quantitative estimate of drug-likeness (QED) is 0.324. The number of rotatable bonds is 7. The van der Waals surface area contributed by atoms with Crippen molar-refractivity contribution >= 4 is 22.7 Å². The molecule has 0 aliphatic carbocycles. The minimum Gasteiger partial charge on any atom is -0.415 e. The lowest BCUT2D eigenvalue weighted by Gasteiger charge is -2.11. The molecule has 13 heteroatoms. The summed E-state index contributed by atoms with van der Waals surface area (Å²) < 4.78 is 60.0. The number of halogens is 4. The lowest BCUT2D eigenvalue weighted by molar-refractivity contribution is 0.116. The lowest BCUT2D eigenvalue weighted by atomic mass is 10.0. The molecular formula is C22H15F4N7O2. The Hall–Kier alpha value is -4.39. The van der Waals surface area contributed by atoms with Crippen molar-refractivity contribution in [1.29, 1.82) is 0 Å². The van der Waals surface area contributed by atoms with Crippen LogP contribution >= 0.6 is 0 Å². The summed E-state index contributed by atoms with van der Waals surface area (Å²) in [6.07, 6.45) is 1.24. The molecule has 3 heterocycles. The first kappa shape index (κ1) is 22.4. The summed E-state index contributed by atoms with van der Waals surface area (Å²) in [6, 6.07) is 6.57. The number of nitrogens with zero attached hydrogens (tertiary/aromatic N) is 6. The molecule has 0 amide bonds. The molecule has 0 atom stereocenters. The van der Waals surface area contributed by atoms with Crippen molar-refractivity contribution in [1.82, 2.24) is 29.7 Å². The summed E-state index contributed by atoms with van der Waals surface area (Å²) in [5.74, 6) is -2.30. The summed E-state index contributed by atoms with van der Waals surface area (Å²) in [6.45, 7) is 0.109. The molecule has 0 fully saturated rings. The molecule has 0 saturated carbocycles. The van der Waals surface area contributed by atoms with E-state index in [1.54, 1.807) is 16.7 Å². The Morgan fingerprint density at radius 3 is 2.49 bits per heavy atom. The molecule has 178 valence electrons. The number of fused-ring (bicyclic) bond motifs is 1. The third-order valence-corrected chi connectivity index (χ3v) is 5.07. The van der Waals surface area contributed by atoms with E-state index in [1.807, 2.05) is 0 Å². The fourth-order valence-corrected chi connectivity index (χ4v) is 3.51. The Morgan fingerprint density at radius 1 is 1.00 bits per heavy atom. The first-order valence-corrected chi connectivity index (χ1v) is 10.2. The van der Waals surface area contributed by atoms with Gasteiger partial charge in [-0.2, -0.15) is 8.78 Å². The predicted molar refractivity (Wildman–Crippen MR) is 116 cm³/mol. The predicted octanol–water partition coefficient (Wildman–Crippen LogP) is 4.50. The summed E-state index contributed by atoms with van der Waals surface area (Å²) in [4.78, 5) is 12.6. The maximum Gasteiger partial charge on any atom is 0.314 e. The van der Waals surface area contributed by atoms with Gasteiger partial charge in [0.15, 0.2) is 0 Å². The van der Waals surface area contributed by atoms with E-state index >= 15 is 0 Å². The van der Waals surface area contributed by atoms with E-state index in [9.17, 15) is 22.7 Å². The van der Waals surface area contributed by atoms with Gasteiger partial charge in [-0.1, -0.05) is 0 Å². The zero-order valence-electron chi connectivity index (χ0n) is 17.7. The van der Waals surface area contributed by atoms with Gasteiger partial charge in [0.2, 0.25) is 5.95 Å². The second-order valence-corrected chi connectivity index (χ2v) is 7.34. The van der Waals surface area contributed by atoms with Crippen molar-refractivity contribution in [2.75, 3.05) is 11.9 Å². The van der Waals surface area contributed by atoms with Gasteiger partial charge in [-0.05, 0) is 24.3 Å². The number of imidazole rings is 1. The van der Waals surface area contributed by atoms with Crippen LogP contribution in [0.15, 0.2) is 53.5 Å². The average molecular weight is 485 g/mol. The molecule has 2 N–H and O–H groups in total. The number of benzene rings is 2. The molecule has 9 nitrogen and oxygen atoms in total. The van der Waals surface area contributed by atoms with E-state index in [1.165, 1.54) is 24.8 Å². The van der Waals surface area contributed by atoms with Gasteiger partial charge in [0, 0.05) is 41.8 Å². The molecule has 5 aromatic rings. The average Bonchev–Trinajstić information content (AvgIpc) is 3.48. The van der Waals surface area contributed by atoms with Crippen LogP contribution in [-0.4, -0.2) is 41.4 Å². The van der Waals surface area contributed by atoms with E-state index in [2.05, 4.69) is 30.5 Å². The number of anilines is 2. The summed E-state index contributed by atoms with van der Waals surface area (Å²) >= 11 is 0. The number of aliphatic hydroxyl groups is 1. The van der Waals surface area contributed by atoms with Crippen LogP contribution in [0.3, 0.4) is 0 Å². The van der Waals surface area contributed by atoms with Gasteiger partial charge in [0.25, 0.3) is 11.8 Å². The van der Waals surface area contributed by atoms with Crippen LogP contribution in [0.1, 0.15) is 12.3 Å². The highest BCUT2D eigenvalue weighted by Gasteiger charge is 2.18. The Labute approximate surface area is 194 Å². The molecule has 0 radical (unpaired) electrons. The number of alkyl halides is 2. The molecule has 0 aliphatic rings. The van der Waals surface area contributed by atoms with Gasteiger partial charge < -0.3 is 19.4 Å². The van der Waals surface area contributed by atoms with E-state index in [0.29, 0.717) is 22.3 Å². The fourth-order valence-electron chi connectivity index (χ4n) is 3.51. The highest BCUT2D eigenvalue weighted by molar-refractivity contribution is 5.95. The van der Waals surface area contributed by atoms with Gasteiger partial charge >= 0.3 is 6.43 Å². The van der Waals surface area contributed by atoms with Crippen LogP contribution in [0.25, 0.3) is 33.6 Å². The number of aliphatic hydroxyl groups excluding tert-OH is 1. The van der Waals surface area contributed by atoms with Crippen molar-refractivity contribution in [3.63, 3.8) is 0 Å². The number of aromatic nitrogens is 6. The van der Waals surface area contributed by atoms with Crippen LogP contribution in [-0.2, 0) is 6.54 Å². The molecule has 0 unspecified atom stereocenters. The fraction of sp³-hybridized carbons (Fsp3) is 0.136. The Bertz CT molecular complexity index is 1500. The van der Waals surface area contributed by atoms with E-state index in [0.717, 1.165) is 12.1 Å². The van der Waals surface area contributed by atoms with E-state index in [4.69, 9.17) is 4.42 Å². The topological polar surface area (TPSA) is 115 Å². The standard InChI is InChI=1S/C22H15F4N7O2/c23-12-1-2-14(16(24)5-12)15-6-13(7-17-18(15)29-10-33(17)3-4-34)30-22-27-8-11(9-28-22)20-31-32-21(35-20)19(25)26/h1-2,5-10,19,34H,3-4H2,(H,27,28,30). The molecule has 5 rings (SSSR count).